The highest BCUT2D eigenvalue weighted by atomic mass is 32.2. The van der Waals surface area contributed by atoms with Gasteiger partial charge in [0, 0.05) is 11.3 Å². The summed E-state index contributed by atoms with van der Waals surface area (Å²) in [5.74, 6) is 0.451. The quantitative estimate of drug-likeness (QED) is 0.415. The lowest BCUT2D eigenvalue weighted by Crippen LogP contribution is -2.64. The van der Waals surface area contributed by atoms with Crippen LogP contribution in [0.3, 0.4) is 0 Å². The van der Waals surface area contributed by atoms with Crippen molar-refractivity contribution in [2.24, 2.45) is 0 Å². The van der Waals surface area contributed by atoms with Crippen molar-refractivity contribution >= 4 is 10.8 Å². The second-order valence-corrected chi connectivity index (χ2v) is 10.7. The molecule has 2 aliphatic rings. The highest BCUT2D eigenvalue weighted by Crippen LogP contribution is 2.37. The number of hydrogen-bond donors (Lipinski definition) is 0. The van der Waals surface area contributed by atoms with Gasteiger partial charge in [-0.25, -0.2) is 0 Å². The molecule has 3 aromatic carbocycles. The summed E-state index contributed by atoms with van der Waals surface area (Å²) in [6.07, 6.45) is -2.48. The van der Waals surface area contributed by atoms with Gasteiger partial charge in [0.15, 0.2) is 11.7 Å². The van der Waals surface area contributed by atoms with Crippen LogP contribution in [0, 0.1) is 0 Å². The molecule has 36 heavy (non-hydrogen) atoms. The summed E-state index contributed by atoms with van der Waals surface area (Å²) in [6.45, 7) is 2.94. The van der Waals surface area contributed by atoms with Gasteiger partial charge in [-0.05, 0) is 11.1 Å². The predicted octanol–water partition coefficient (Wildman–Crippen LogP) is 4.76. The molecule has 190 valence electrons. The van der Waals surface area contributed by atoms with Crippen LogP contribution in [-0.2, 0) is 47.7 Å². The van der Waals surface area contributed by atoms with E-state index >= 15 is 0 Å². The van der Waals surface area contributed by atoms with Gasteiger partial charge in [0.1, 0.15) is 24.4 Å². The van der Waals surface area contributed by atoms with E-state index in [0.29, 0.717) is 25.6 Å². The molecule has 7 heteroatoms. The van der Waals surface area contributed by atoms with E-state index in [4.69, 9.17) is 23.7 Å². The maximum atomic E-state index is 13.1. The fraction of sp³-hybridized carbons (Fsp3) is 0.379. The molecule has 0 saturated carbocycles. The van der Waals surface area contributed by atoms with E-state index in [0.717, 1.165) is 16.7 Å². The minimum absolute atomic E-state index is 0.318. The summed E-state index contributed by atoms with van der Waals surface area (Å²) < 4.78 is 45.0. The molecule has 2 saturated heterocycles. The van der Waals surface area contributed by atoms with Crippen molar-refractivity contribution in [3.63, 3.8) is 0 Å². The van der Waals surface area contributed by atoms with Gasteiger partial charge in [-0.15, -0.1) is 0 Å². The first-order valence-corrected chi connectivity index (χ1v) is 13.8. The van der Waals surface area contributed by atoms with Crippen molar-refractivity contribution in [2.45, 2.75) is 56.3 Å². The average Bonchev–Trinajstić information content (AvgIpc) is 2.95. The van der Waals surface area contributed by atoms with Gasteiger partial charge < -0.3 is 23.7 Å². The second-order valence-electron chi connectivity index (χ2n) is 8.91. The first-order valence-electron chi connectivity index (χ1n) is 12.4. The van der Waals surface area contributed by atoms with Crippen molar-refractivity contribution in [1.82, 2.24) is 0 Å². The van der Waals surface area contributed by atoms with Crippen molar-refractivity contribution in [2.75, 3.05) is 12.4 Å². The smallest absolute Gasteiger partial charge is 0.184 e. The molecule has 7 atom stereocenters. The molecule has 0 radical (unpaired) electrons. The molecule has 3 aromatic rings. The Hall–Kier alpha value is -2.39. The number of ether oxygens (including phenoxy) is 5. The highest BCUT2D eigenvalue weighted by molar-refractivity contribution is 7.85. The van der Waals surface area contributed by atoms with Crippen LogP contribution in [-0.4, -0.2) is 46.4 Å². The summed E-state index contributed by atoms with van der Waals surface area (Å²) in [7, 11) is -1.27. The molecule has 2 heterocycles. The summed E-state index contributed by atoms with van der Waals surface area (Å²) in [4.78, 5) is 0. The molecule has 0 aromatic heterocycles. The molecule has 6 nitrogen and oxygen atoms in total. The van der Waals surface area contributed by atoms with Crippen molar-refractivity contribution in [3.05, 3.63) is 108 Å². The SMILES string of the molecule is CC[S@@](=O)[C@H]1O[C@H]2CO[C@H](c3ccccc3)O[C@H]2[C@H](OCc2ccccc2)[C@H]1OCc1ccccc1. The van der Waals surface area contributed by atoms with Crippen LogP contribution >= 0.6 is 0 Å². The van der Waals surface area contributed by atoms with Crippen LogP contribution in [0.4, 0.5) is 0 Å². The Morgan fingerprint density at radius 2 is 1.33 bits per heavy atom. The molecule has 0 aliphatic carbocycles. The minimum atomic E-state index is -1.27. The van der Waals surface area contributed by atoms with Gasteiger partial charge in [0.25, 0.3) is 0 Å². The molecule has 0 spiro atoms. The van der Waals surface area contributed by atoms with E-state index in [2.05, 4.69) is 0 Å². The summed E-state index contributed by atoms with van der Waals surface area (Å²) in [5, 5.41) is 0. The summed E-state index contributed by atoms with van der Waals surface area (Å²) in [5.41, 5.74) is 2.35. The van der Waals surface area contributed by atoms with Crippen LogP contribution < -0.4 is 0 Å². The molecular formula is C29H32O6S. The van der Waals surface area contributed by atoms with Gasteiger partial charge in [-0.1, -0.05) is 97.9 Å². The molecule has 0 bridgehead atoms. The zero-order chi connectivity index (χ0) is 24.7. The Kier molecular flexibility index (Phi) is 8.59. The lowest BCUT2D eigenvalue weighted by Gasteiger charge is -2.49. The molecule has 5 rings (SSSR count). The van der Waals surface area contributed by atoms with Gasteiger partial charge in [0.05, 0.1) is 30.6 Å². The lowest BCUT2D eigenvalue weighted by atomic mass is 9.98. The zero-order valence-corrected chi connectivity index (χ0v) is 21.1. The number of hydrogen-bond acceptors (Lipinski definition) is 6. The molecular weight excluding hydrogens is 476 g/mol. The Labute approximate surface area is 214 Å². The molecule has 2 fully saturated rings. The van der Waals surface area contributed by atoms with Crippen molar-refractivity contribution < 1.29 is 27.9 Å². The van der Waals surface area contributed by atoms with Gasteiger partial charge in [-0.2, -0.15) is 0 Å². The van der Waals surface area contributed by atoms with E-state index in [1.807, 2.05) is 97.9 Å². The molecule has 2 aliphatic heterocycles. The third-order valence-electron chi connectivity index (χ3n) is 6.47. The number of fused-ring (bicyclic) bond motifs is 1. The van der Waals surface area contributed by atoms with Crippen LogP contribution in [0.2, 0.25) is 0 Å². The fourth-order valence-corrected chi connectivity index (χ4v) is 5.73. The Bertz CT molecular complexity index is 1100. The number of rotatable bonds is 9. The van der Waals surface area contributed by atoms with E-state index < -0.39 is 46.9 Å². The summed E-state index contributed by atoms with van der Waals surface area (Å²) in [6, 6.07) is 29.8. The maximum absolute atomic E-state index is 13.1. The van der Waals surface area contributed by atoms with Crippen LogP contribution in [0.1, 0.15) is 29.9 Å². The zero-order valence-electron chi connectivity index (χ0n) is 20.3. The first kappa shape index (κ1) is 25.3. The number of benzene rings is 3. The average molecular weight is 509 g/mol. The Balaban J connectivity index is 1.43. The summed E-state index contributed by atoms with van der Waals surface area (Å²) >= 11 is 0. The molecule has 0 amide bonds. The van der Waals surface area contributed by atoms with Gasteiger partial charge in [-0.3, -0.25) is 4.21 Å². The molecule has 0 N–H and O–H groups in total. The normalized spacial score (nSPS) is 28.8. The largest absolute Gasteiger partial charge is 0.368 e. The molecule has 0 unspecified atom stereocenters. The third kappa shape index (κ3) is 5.94. The van der Waals surface area contributed by atoms with Crippen LogP contribution in [0.15, 0.2) is 91.0 Å². The van der Waals surface area contributed by atoms with Gasteiger partial charge in [0.2, 0.25) is 0 Å². The first-order chi connectivity index (χ1) is 17.7. The van der Waals surface area contributed by atoms with E-state index in [1.54, 1.807) is 0 Å². The standard InChI is InChI=1S/C29H32O6S/c1-2-36(30)29-27(32-19-22-14-8-4-9-15-22)26(31-18-21-12-6-3-7-13-21)25-24(34-29)20-33-28(35-25)23-16-10-5-11-17-23/h3-17,24-29H,2,18-20H2,1H3/t24-,25+,26-,27+,28-,29+,36+/m0/s1. The maximum Gasteiger partial charge on any atom is 0.184 e. The topological polar surface area (TPSA) is 63.2 Å². The minimum Gasteiger partial charge on any atom is -0.368 e. The van der Waals surface area contributed by atoms with Crippen molar-refractivity contribution in [3.8, 4) is 0 Å². The van der Waals surface area contributed by atoms with E-state index in [-0.39, 0.29) is 0 Å². The highest BCUT2D eigenvalue weighted by Gasteiger charge is 2.52. The van der Waals surface area contributed by atoms with E-state index in [1.165, 1.54) is 0 Å². The predicted molar refractivity (Wildman–Crippen MR) is 137 cm³/mol. The van der Waals surface area contributed by atoms with Crippen molar-refractivity contribution in [1.29, 1.82) is 0 Å². The van der Waals surface area contributed by atoms with Crippen LogP contribution in [0.5, 0.6) is 0 Å². The Morgan fingerprint density at radius 3 is 1.92 bits per heavy atom. The second kappa shape index (κ2) is 12.2. The van der Waals surface area contributed by atoms with Crippen LogP contribution in [0.25, 0.3) is 0 Å². The van der Waals surface area contributed by atoms with Gasteiger partial charge >= 0.3 is 0 Å². The monoisotopic (exact) mass is 508 g/mol. The fourth-order valence-electron chi connectivity index (χ4n) is 4.60. The Morgan fingerprint density at radius 1 is 0.778 bits per heavy atom. The van der Waals surface area contributed by atoms with E-state index in [9.17, 15) is 4.21 Å². The third-order valence-corrected chi connectivity index (χ3v) is 7.94. The lowest BCUT2D eigenvalue weighted by molar-refractivity contribution is -0.330.